The van der Waals surface area contributed by atoms with Gasteiger partial charge in [-0.05, 0) is 37.0 Å². The molecule has 2 rings (SSSR count). The van der Waals surface area contributed by atoms with Gasteiger partial charge in [-0.1, -0.05) is 17.7 Å². The van der Waals surface area contributed by atoms with Gasteiger partial charge >= 0.3 is 18.1 Å². The second-order valence-electron chi connectivity index (χ2n) is 5.07. The number of nitrogens with zero attached hydrogens (tertiary/aromatic N) is 1. The van der Waals surface area contributed by atoms with Crippen molar-refractivity contribution in [2.24, 2.45) is 0 Å². The van der Waals surface area contributed by atoms with Gasteiger partial charge in [-0.15, -0.1) is 0 Å². The molecule has 1 aromatic rings. The van der Waals surface area contributed by atoms with Crippen LogP contribution in [-0.2, 0) is 22.4 Å². The molecule has 1 heterocycles. The van der Waals surface area contributed by atoms with Gasteiger partial charge in [0.2, 0.25) is 0 Å². The Balaban J connectivity index is 2.31. The van der Waals surface area contributed by atoms with Crippen molar-refractivity contribution in [2.45, 2.75) is 25.9 Å². The fraction of sp³-hybridized carbons (Fsp3) is 0.467. The van der Waals surface area contributed by atoms with Crippen LogP contribution in [-0.4, -0.2) is 42.6 Å². The van der Waals surface area contributed by atoms with Crippen molar-refractivity contribution < 1.29 is 27.5 Å². The number of ether oxygens (including phenoxy) is 1. The number of carbonyl (C=O) groups excluding carboxylic acids is 2. The zero-order valence-electron chi connectivity index (χ0n) is 12.4. The van der Waals surface area contributed by atoms with Crippen LogP contribution in [0.5, 0.6) is 0 Å². The summed E-state index contributed by atoms with van der Waals surface area (Å²) in [5, 5.41) is 0.192. The number of carbonyl (C=O) groups is 2. The van der Waals surface area contributed by atoms with Gasteiger partial charge in [-0.25, -0.2) is 4.79 Å². The molecule has 0 radical (unpaired) electrons. The Bertz CT molecular complexity index is 631. The van der Waals surface area contributed by atoms with Gasteiger partial charge in [0.05, 0.1) is 17.2 Å². The first kappa shape index (κ1) is 17.6. The first-order valence-corrected chi connectivity index (χ1v) is 7.47. The third-order valence-electron chi connectivity index (χ3n) is 3.65. The summed E-state index contributed by atoms with van der Waals surface area (Å²) in [6, 6.07) is 3.19. The van der Waals surface area contributed by atoms with Crippen LogP contribution in [0.4, 0.5) is 13.2 Å². The fourth-order valence-corrected chi connectivity index (χ4v) is 2.86. The summed E-state index contributed by atoms with van der Waals surface area (Å²) in [5.41, 5.74) is 1.43. The molecule has 0 bridgehead atoms. The lowest BCUT2D eigenvalue weighted by Crippen LogP contribution is -2.42. The quantitative estimate of drug-likeness (QED) is 0.771. The number of hydrogen-bond acceptors (Lipinski definition) is 3. The van der Waals surface area contributed by atoms with Crippen LogP contribution in [0.15, 0.2) is 12.1 Å². The predicted octanol–water partition coefficient (Wildman–Crippen LogP) is 3.01. The zero-order chi connectivity index (χ0) is 17.2. The summed E-state index contributed by atoms with van der Waals surface area (Å²) in [6.45, 7) is 1.63. The largest absolute Gasteiger partial charge is 0.471 e. The number of alkyl halides is 3. The van der Waals surface area contributed by atoms with Crippen molar-refractivity contribution in [3.63, 3.8) is 0 Å². The highest BCUT2D eigenvalue weighted by atomic mass is 35.5. The third kappa shape index (κ3) is 3.77. The Kier molecular flexibility index (Phi) is 5.19. The average molecular weight is 350 g/mol. The van der Waals surface area contributed by atoms with Gasteiger partial charge in [0, 0.05) is 13.1 Å². The van der Waals surface area contributed by atoms with E-state index in [2.05, 4.69) is 0 Å². The van der Waals surface area contributed by atoms with E-state index in [1.807, 2.05) is 0 Å². The molecular formula is C15H15ClF3NO3. The summed E-state index contributed by atoms with van der Waals surface area (Å²) < 4.78 is 42.7. The summed E-state index contributed by atoms with van der Waals surface area (Å²) in [5.74, 6) is -2.47. The molecule has 0 N–H and O–H groups in total. The monoisotopic (exact) mass is 349 g/mol. The lowest BCUT2D eigenvalue weighted by molar-refractivity contribution is -0.185. The van der Waals surface area contributed by atoms with Crippen molar-refractivity contribution in [1.82, 2.24) is 4.90 Å². The Morgan fingerprint density at radius 3 is 2.52 bits per heavy atom. The van der Waals surface area contributed by atoms with Gasteiger partial charge in [0.15, 0.2) is 0 Å². The molecule has 4 nitrogen and oxygen atoms in total. The molecule has 1 aromatic carbocycles. The number of halogens is 4. The maximum absolute atomic E-state index is 12.6. The number of rotatable bonds is 2. The van der Waals surface area contributed by atoms with Gasteiger partial charge in [0.1, 0.15) is 0 Å². The maximum Gasteiger partial charge on any atom is 0.471 e. The van der Waals surface area contributed by atoms with Crippen molar-refractivity contribution >= 4 is 23.5 Å². The van der Waals surface area contributed by atoms with E-state index in [-0.39, 0.29) is 43.1 Å². The van der Waals surface area contributed by atoms with E-state index >= 15 is 0 Å². The maximum atomic E-state index is 12.6. The summed E-state index contributed by atoms with van der Waals surface area (Å²) in [4.78, 5) is 24.2. The summed E-state index contributed by atoms with van der Waals surface area (Å²) in [7, 11) is 0. The van der Waals surface area contributed by atoms with Crippen molar-refractivity contribution in [3.8, 4) is 0 Å². The molecule has 126 valence electrons. The molecule has 0 aliphatic carbocycles. The minimum Gasteiger partial charge on any atom is -0.462 e. The van der Waals surface area contributed by atoms with Gasteiger partial charge in [-0.3, -0.25) is 4.79 Å². The lowest BCUT2D eigenvalue weighted by Gasteiger charge is -2.21. The second kappa shape index (κ2) is 6.78. The molecule has 8 heteroatoms. The highest BCUT2D eigenvalue weighted by molar-refractivity contribution is 6.33. The number of esters is 1. The molecule has 0 unspecified atom stereocenters. The van der Waals surface area contributed by atoms with E-state index in [0.29, 0.717) is 11.1 Å². The fourth-order valence-electron chi connectivity index (χ4n) is 2.60. The molecular weight excluding hydrogens is 335 g/mol. The SMILES string of the molecule is CCOC(=O)c1c(Cl)ccc2c1CCN(C(=O)C(F)(F)F)CC2. The number of amides is 1. The molecule has 0 fully saturated rings. The van der Waals surface area contributed by atoms with Crippen molar-refractivity contribution in [2.75, 3.05) is 19.7 Å². The molecule has 1 aliphatic heterocycles. The standard InChI is InChI=1S/C15H15ClF3NO3/c1-2-23-13(21)12-10-6-8-20(14(22)15(17,18)19)7-5-9(10)3-4-11(12)16/h3-4H,2,5-8H2,1H3. The summed E-state index contributed by atoms with van der Waals surface area (Å²) >= 11 is 6.06. The molecule has 0 saturated heterocycles. The van der Waals surface area contributed by atoms with Crippen LogP contribution in [0.25, 0.3) is 0 Å². The van der Waals surface area contributed by atoms with Crippen LogP contribution in [0, 0.1) is 0 Å². The second-order valence-corrected chi connectivity index (χ2v) is 5.48. The van der Waals surface area contributed by atoms with Gasteiger partial charge in [0.25, 0.3) is 0 Å². The number of hydrogen-bond donors (Lipinski definition) is 0. The molecule has 1 amide bonds. The molecule has 1 aliphatic rings. The Labute approximate surface area is 136 Å². The first-order valence-electron chi connectivity index (χ1n) is 7.09. The first-order chi connectivity index (χ1) is 10.8. The Morgan fingerprint density at radius 1 is 1.26 bits per heavy atom. The Hall–Kier alpha value is -1.76. The highest BCUT2D eigenvalue weighted by Crippen LogP contribution is 2.29. The van der Waals surface area contributed by atoms with E-state index in [1.54, 1.807) is 13.0 Å². The summed E-state index contributed by atoms with van der Waals surface area (Å²) in [6.07, 6.45) is -4.56. The minimum absolute atomic E-state index is 0.0603. The molecule has 0 spiro atoms. The molecule has 0 atom stereocenters. The Morgan fingerprint density at radius 2 is 1.91 bits per heavy atom. The van der Waals surface area contributed by atoms with Crippen LogP contribution in [0.3, 0.4) is 0 Å². The topological polar surface area (TPSA) is 46.6 Å². The predicted molar refractivity (Wildman–Crippen MR) is 77.5 cm³/mol. The molecule has 23 heavy (non-hydrogen) atoms. The van der Waals surface area contributed by atoms with Gasteiger partial charge in [-0.2, -0.15) is 13.2 Å². The zero-order valence-corrected chi connectivity index (χ0v) is 13.1. The van der Waals surface area contributed by atoms with Crippen LogP contribution >= 0.6 is 11.6 Å². The lowest BCUT2D eigenvalue weighted by atomic mass is 9.97. The third-order valence-corrected chi connectivity index (χ3v) is 3.97. The van der Waals surface area contributed by atoms with Crippen LogP contribution < -0.4 is 0 Å². The highest BCUT2D eigenvalue weighted by Gasteiger charge is 2.42. The molecule has 0 saturated carbocycles. The normalized spacial score (nSPS) is 14.9. The van der Waals surface area contributed by atoms with Crippen molar-refractivity contribution in [1.29, 1.82) is 0 Å². The van der Waals surface area contributed by atoms with E-state index in [9.17, 15) is 22.8 Å². The van der Waals surface area contributed by atoms with Crippen molar-refractivity contribution in [3.05, 3.63) is 33.8 Å². The average Bonchev–Trinajstić information content (AvgIpc) is 2.68. The van der Waals surface area contributed by atoms with E-state index in [4.69, 9.17) is 16.3 Å². The van der Waals surface area contributed by atoms with Gasteiger partial charge < -0.3 is 9.64 Å². The number of benzene rings is 1. The smallest absolute Gasteiger partial charge is 0.462 e. The van der Waals surface area contributed by atoms with Crippen LogP contribution in [0.2, 0.25) is 5.02 Å². The molecule has 0 aromatic heterocycles. The van der Waals surface area contributed by atoms with E-state index in [0.717, 1.165) is 4.90 Å². The minimum atomic E-state index is -4.90. The van der Waals surface area contributed by atoms with E-state index < -0.39 is 18.1 Å². The van der Waals surface area contributed by atoms with E-state index in [1.165, 1.54) is 6.07 Å². The van der Waals surface area contributed by atoms with Crippen LogP contribution in [0.1, 0.15) is 28.4 Å². The number of fused-ring (bicyclic) bond motifs is 1.